The van der Waals surface area contributed by atoms with Crippen molar-refractivity contribution in [2.45, 2.75) is 19.2 Å². The Kier molecular flexibility index (Phi) is 3.73. The highest BCUT2D eigenvalue weighted by Crippen LogP contribution is 2.38. The number of hydrogen-bond donors (Lipinski definition) is 0. The van der Waals surface area contributed by atoms with Gasteiger partial charge >= 0.3 is 0 Å². The fraction of sp³-hybridized carbons (Fsp3) is 0.231. The molecule has 1 aromatic carbocycles. The fourth-order valence-electron chi connectivity index (χ4n) is 1.63. The molecule has 84 valence electrons. The molecule has 3 heteroatoms. The zero-order valence-electron chi connectivity index (χ0n) is 9.13. The Balaban J connectivity index is 2.39. The van der Waals surface area contributed by atoms with Crippen molar-refractivity contribution in [2.24, 2.45) is 0 Å². The van der Waals surface area contributed by atoms with Crippen molar-refractivity contribution in [3.63, 3.8) is 0 Å². The number of aryl methyl sites for hydroxylation is 2. The summed E-state index contributed by atoms with van der Waals surface area (Å²) >= 11 is 11.8. The minimum atomic E-state index is -0.0452. The molecule has 0 saturated heterocycles. The van der Waals surface area contributed by atoms with Crippen LogP contribution in [0, 0.1) is 13.8 Å². The first-order chi connectivity index (χ1) is 7.59. The molecule has 2 rings (SSSR count). The van der Waals surface area contributed by atoms with Crippen molar-refractivity contribution in [2.75, 3.05) is 0 Å². The Labute approximate surface area is 113 Å². The lowest BCUT2D eigenvalue weighted by Gasteiger charge is -2.10. The monoisotopic (exact) mass is 314 g/mol. The van der Waals surface area contributed by atoms with E-state index in [1.165, 1.54) is 20.9 Å². The molecule has 0 amide bonds. The maximum atomic E-state index is 6.51. The second-order valence-corrected chi connectivity index (χ2v) is 6.35. The number of benzene rings is 1. The van der Waals surface area contributed by atoms with Crippen LogP contribution in [0.25, 0.3) is 0 Å². The van der Waals surface area contributed by atoms with Crippen molar-refractivity contribution >= 4 is 38.9 Å². The van der Waals surface area contributed by atoms with E-state index >= 15 is 0 Å². The molecular formula is C13H12BrClS. The molecule has 0 radical (unpaired) electrons. The van der Waals surface area contributed by atoms with Crippen molar-refractivity contribution in [1.82, 2.24) is 0 Å². The minimum Gasteiger partial charge on any atom is -0.143 e. The third kappa shape index (κ3) is 2.34. The van der Waals surface area contributed by atoms with Crippen LogP contribution in [-0.2, 0) is 0 Å². The predicted molar refractivity (Wildman–Crippen MR) is 75.6 cm³/mol. The molecule has 0 N–H and O–H groups in total. The van der Waals surface area contributed by atoms with Crippen LogP contribution >= 0.6 is 38.9 Å². The molecule has 0 fully saturated rings. The molecule has 1 atom stereocenters. The summed E-state index contributed by atoms with van der Waals surface area (Å²) in [7, 11) is 0. The van der Waals surface area contributed by atoms with E-state index in [9.17, 15) is 0 Å². The van der Waals surface area contributed by atoms with E-state index in [1.54, 1.807) is 11.3 Å². The summed E-state index contributed by atoms with van der Waals surface area (Å²) in [6.07, 6.45) is 0. The van der Waals surface area contributed by atoms with E-state index in [4.69, 9.17) is 11.6 Å². The van der Waals surface area contributed by atoms with E-state index in [1.807, 2.05) is 12.1 Å². The van der Waals surface area contributed by atoms with E-state index in [0.29, 0.717) is 0 Å². The Hall–Kier alpha value is -0.310. The molecule has 0 aliphatic heterocycles. The van der Waals surface area contributed by atoms with Gasteiger partial charge in [-0.2, -0.15) is 0 Å². The molecule has 16 heavy (non-hydrogen) atoms. The second-order valence-electron chi connectivity index (χ2n) is 3.77. The van der Waals surface area contributed by atoms with Gasteiger partial charge in [-0.3, -0.25) is 0 Å². The standard InChI is InChI=1S/C13H12BrClS/c1-8-5-3-4-6-10(8)13(15)12-7-11(14)9(2)16-12/h3-7,13H,1-2H3. The van der Waals surface area contributed by atoms with Crippen LogP contribution < -0.4 is 0 Å². The smallest absolute Gasteiger partial charge is 0.0930 e. The third-order valence-electron chi connectivity index (χ3n) is 2.59. The average Bonchev–Trinajstić information content (AvgIpc) is 2.59. The topological polar surface area (TPSA) is 0 Å². The van der Waals surface area contributed by atoms with Gasteiger partial charge < -0.3 is 0 Å². The van der Waals surface area contributed by atoms with Gasteiger partial charge in [0.15, 0.2) is 0 Å². The van der Waals surface area contributed by atoms with Crippen molar-refractivity contribution in [3.8, 4) is 0 Å². The first-order valence-electron chi connectivity index (χ1n) is 5.05. The summed E-state index contributed by atoms with van der Waals surface area (Å²) in [4.78, 5) is 2.47. The average molecular weight is 316 g/mol. The second kappa shape index (κ2) is 4.91. The van der Waals surface area contributed by atoms with E-state index in [0.717, 1.165) is 4.47 Å². The molecule has 0 saturated carbocycles. The Morgan fingerprint density at radius 1 is 1.25 bits per heavy atom. The van der Waals surface area contributed by atoms with Gasteiger partial charge in [-0.1, -0.05) is 24.3 Å². The van der Waals surface area contributed by atoms with Crippen LogP contribution in [-0.4, -0.2) is 0 Å². The van der Waals surface area contributed by atoms with Crippen LogP contribution in [0.3, 0.4) is 0 Å². The van der Waals surface area contributed by atoms with Crippen molar-refractivity contribution in [1.29, 1.82) is 0 Å². The summed E-state index contributed by atoms with van der Waals surface area (Å²) < 4.78 is 1.15. The van der Waals surface area contributed by atoms with Gasteiger partial charge in [0, 0.05) is 14.2 Å². The highest BCUT2D eigenvalue weighted by atomic mass is 79.9. The molecule has 0 aliphatic rings. The molecular weight excluding hydrogens is 304 g/mol. The van der Waals surface area contributed by atoms with Crippen LogP contribution in [0.15, 0.2) is 34.8 Å². The molecule has 0 nitrogen and oxygen atoms in total. The van der Waals surface area contributed by atoms with Crippen LogP contribution in [0.5, 0.6) is 0 Å². The largest absolute Gasteiger partial charge is 0.143 e. The van der Waals surface area contributed by atoms with Crippen molar-refractivity contribution in [3.05, 3.63) is 55.7 Å². The molecule has 1 aromatic heterocycles. The van der Waals surface area contributed by atoms with Crippen LogP contribution in [0.4, 0.5) is 0 Å². The van der Waals surface area contributed by atoms with Crippen LogP contribution in [0.2, 0.25) is 0 Å². The zero-order valence-corrected chi connectivity index (χ0v) is 12.3. The predicted octanol–water partition coefficient (Wildman–Crippen LogP) is 5.46. The quantitative estimate of drug-likeness (QED) is 0.646. The maximum absolute atomic E-state index is 6.51. The van der Waals surface area contributed by atoms with Gasteiger partial charge in [0.05, 0.1) is 5.38 Å². The lowest BCUT2D eigenvalue weighted by atomic mass is 10.0. The van der Waals surface area contributed by atoms with Gasteiger partial charge in [-0.15, -0.1) is 22.9 Å². The molecule has 1 heterocycles. The van der Waals surface area contributed by atoms with Gasteiger partial charge in [0.25, 0.3) is 0 Å². The number of thiophene rings is 1. The number of rotatable bonds is 2. The highest BCUT2D eigenvalue weighted by molar-refractivity contribution is 9.10. The highest BCUT2D eigenvalue weighted by Gasteiger charge is 2.16. The lowest BCUT2D eigenvalue weighted by Crippen LogP contribution is -1.93. The number of hydrogen-bond acceptors (Lipinski definition) is 1. The van der Waals surface area contributed by atoms with Crippen molar-refractivity contribution < 1.29 is 0 Å². The molecule has 0 aliphatic carbocycles. The number of alkyl halides is 1. The summed E-state index contributed by atoms with van der Waals surface area (Å²) in [5, 5.41) is -0.0452. The summed E-state index contributed by atoms with van der Waals surface area (Å²) in [6.45, 7) is 4.19. The normalized spacial score (nSPS) is 12.8. The number of halogens is 2. The summed E-state index contributed by atoms with van der Waals surface area (Å²) in [6, 6.07) is 10.4. The van der Waals surface area contributed by atoms with Gasteiger partial charge in [-0.25, -0.2) is 0 Å². The van der Waals surface area contributed by atoms with E-state index in [2.05, 4.69) is 48.0 Å². The van der Waals surface area contributed by atoms with E-state index < -0.39 is 0 Å². The summed E-state index contributed by atoms with van der Waals surface area (Å²) in [5.74, 6) is 0. The molecule has 0 spiro atoms. The van der Waals surface area contributed by atoms with Crippen LogP contribution in [0.1, 0.15) is 26.3 Å². The minimum absolute atomic E-state index is 0.0452. The Morgan fingerprint density at radius 2 is 1.94 bits per heavy atom. The first kappa shape index (κ1) is 12.2. The summed E-state index contributed by atoms with van der Waals surface area (Å²) in [5.41, 5.74) is 2.43. The third-order valence-corrected chi connectivity index (χ3v) is 5.39. The molecule has 2 aromatic rings. The first-order valence-corrected chi connectivity index (χ1v) is 7.09. The van der Waals surface area contributed by atoms with E-state index in [-0.39, 0.29) is 5.38 Å². The Morgan fingerprint density at radius 3 is 2.50 bits per heavy atom. The fourth-order valence-corrected chi connectivity index (χ4v) is 3.63. The SMILES string of the molecule is Cc1ccccc1C(Cl)c1cc(Br)c(C)s1. The van der Waals surface area contributed by atoms with Gasteiger partial charge in [0.2, 0.25) is 0 Å². The maximum Gasteiger partial charge on any atom is 0.0930 e. The zero-order chi connectivity index (χ0) is 11.7. The van der Waals surface area contributed by atoms with Gasteiger partial charge in [0.1, 0.15) is 0 Å². The Bertz CT molecular complexity index is 485. The molecule has 0 bridgehead atoms. The molecule has 1 unspecified atom stereocenters. The lowest BCUT2D eigenvalue weighted by molar-refractivity contribution is 1.14. The van der Waals surface area contributed by atoms with Gasteiger partial charge in [-0.05, 0) is 47.0 Å².